The largest absolute Gasteiger partial charge is 0.368 e. The second kappa shape index (κ2) is 5.81. The summed E-state index contributed by atoms with van der Waals surface area (Å²) >= 11 is 5.84. The van der Waals surface area contributed by atoms with Crippen LogP contribution in [0, 0.1) is 6.92 Å². The zero-order valence-corrected chi connectivity index (χ0v) is 12.8. The lowest BCUT2D eigenvalue weighted by molar-refractivity contribution is -0.117. The molecule has 114 valence electrons. The van der Waals surface area contributed by atoms with Gasteiger partial charge in [-0.1, -0.05) is 29.3 Å². The average Bonchev–Trinajstić information content (AvgIpc) is 2.80. The maximum atomic E-state index is 12.5. The van der Waals surface area contributed by atoms with Gasteiger partial charge in [-0.05, 0) is 25.5 Å². The lowest BCUT2D eigenvalue weighted by atomic mass is 10.2. The van der Waals surface area contributed by atoms with Crippen LogP contribution in [0.3, 0.4) is 0 Å². The molecule has 22 heavy (non-hydrogen) atoms. The van der Waals surface area contributed by atoms with E-state index >= 15 is 0 Å². The standard InChI is InChI=1S/C15H16ClN5O/c1-9-2-4-10(5-3-9)21-7-6-11(14(21)22)18-13-8-12(16)19-15(17)20-13/h2-5,8,11H,6-7H2,1H3,(H3,17,18,19,20). The van der Waals surface area contributed by atoms with E-state index in [0.717, 1.165) is 11.3 Å². The first-order chi connectivity index (χ1) is 10.5. The predicted molar refractivity (Wildman–Crippen MR) is 87.0 cm³/mol. The lowest BCUT2D eigenvalue weighted by Gasteiger charge is -2.17. The summed E-state index contributed by atoms with van der Waals surface area (Å²) in [6.45, 7) is 2.68. The van der Waals surface area contributed by atoms with E-state index in [9.17, 15) is 4.79 Å². The Labute approximate surface area is 133 Å². The van der Waals surface area contributed by atoms with Crippen molar-refractivity contribution in [1.82, 2.24) is 9.97 Å². The molecule has 1 unspecified atom stereocenters. The molecule has 1 aromatic carbocycles. The van der Waals surface area contributed by atoms with Crippen LogP contribution in [0.2, 0.25) is 5.15 Å². The number of aryl methyl sites for hydroxylation is 1. The summed E-state index contributed by atoms with van der Waals surface area (Å²) in [5, 5.41) is 3.32. The number of nitrogens with two attached hydrogens (primary N) is 1. The van der Waals surface area contributed by atoms with Crippen molar-refractivity contribution in [2.75, 3.05) is 22.5 Å². The molecule has 1 aliphatic heterocycles. The SMILES string of the molecule is Cc1ccc(N2CCC(Nc3cc(Cl)nc(N)n3)C2=O)cc1. The second-order valence-corrected chi connectivity index (χ2v) is 5.63. The third-order valence-corrected chi connectivity index (χ3v) is 3.78. The summed E-state index contributed by atoms with van der Waals surface area (Å²) in [4.78, 5) is 22.1. The molecule has 1 aromatic heterocycles. The quantitative estimate of drug-likeness (QED) is 0.848. The molecular weight excluding hydrogens is 302 g/mol. The van der Waals surface area contributed by atoms with Crippen molar-refractivity contribution in [3.05, 3.63) is 41.0 Å². The highest BCUT2D eigenvalue weighted by Crippen LogP contribution is 2.24. The molecule has 1 aliphatic rings. The van der Waals surface area contributed by atoms with Crippen LogP contribution >= 0.6 is 11.6 Å². The number of carbonyl (C=O) groups excluding carboxylic acids is 1. The summed E-state index contributed by atoms with van der Waals surface area (Å²) in [5.74, 6) is 0.551. The number of nitrogen functional groups attached to an aromatic ring is 1. The monoisotopic (exact) mass is 317 g/mol. The Bertz CT molecular complexity index is 683. The number of benzene rings is 1. The molecule has 2 heterocycles. The molecule has 7 heteroatoms. The highest BCUT2D eigenvalue weighted by molar-refractivity contribution is 6.29. The van der Waals surface area contributed by atoms with E-state index in [-0.39, 0.29) is 23.1 Å². The van der Waals surface area contributed by atoms with Crippen molar-refractivity contribution < 1.29 is 4.79 Å². The van der Waals surface area contributed by atoms with Crippen LogP contribution < -0.4 is 16.0 Å². The molecule has 0 bridgehead atoms. The first-order valence-corrected chi connectivity index (χ1v) is 7.35. The van der Waals surface area contributed by atoms with Gasteiger partial charge < -0.3 is 16.0 Å². The van der Waals surface area contributed by atoms with Gasteiger partial charge in [0.05, 0.1) is 0 Å². The normalized spacial score (nSPS) is 17.8. The number of hydrogen-bond donors (Lipinski definition) is 2. The van der Waals surface area contributed by atoms with Crippen molar-refractivity contribution in [2.24, 2.45) is 0 Å². The number of nitrogens with zero attached hydrogens (tertiary/aromatic N) is 3. The summed E-state index contributed by atoms with van der Waals surface area (Å²) in [6, 6.07) is 9.11. The van der Waals surface area contributed by atoms with Gasteiger partial charge in [-0.3, -0.25) is 4.79 Å². The summed E-state index contributed by atoms with van der Waals surface area (Å²) in [5.41, 5.74) is 7.62. The fourth-order valence-corrected chi connectivity index (χ4v) is 2.67. The number of amides is 1. The van der Waals surface area contributed by atoms with Crippen molar-refractivity contribution >= 4 is 35.0 Å². The zero-order chi connectivity index (χ0) is 15.7. The van der Waals surface area contributed by atoms with E-state index in [1.165, 1.54) is 0 Å². The van der Waals surface area contributed by atoms with Crippen molar-refractivity contribution in [3.63, 3.8) is 0 Å². The minimum absolute atomic E-state index is 0.0113. The predicted octanol–water partition coefficient (Wildman–Crippen LogP) is 2.24. The van der Waals surface area contributed by atoms with Crippen molar-refractivity contribution in [2.45, 2.75) is 19.4 Å². The minimum Gasteiger partial charge on any atom is -0.368 e. The highest BCUT2D eigenvalue weighted by Gasteiger charge is 2.32. The Morgan fingerprint density at radius 1 is 1.32 bits per heavy atom. The number of halogens is 1. The van der Waals surface area contributed by atoms with E-state index < -0.39 is 0 Å². The molecule has 0 saturated carbocycles. The Hall–Kier alpha value is -2.34. The van der Waals surface area contributed by atoms with Gasteiger partial charge in [0, 0.05) is 18.3 Å². The van der Waals surface area contributed by atoms with Crippen LogP contribution in [0.4, 0.5) is 17.5 Å². The van der Waals surface area contributed by atoms with Crippen molar-refractivity contribution in [3.8, 4) is 0 Å². The van der Waals surface area contributed by atoms with Gasteiger partial charge in [0.2, 0.25) is 11.9 Å². The molecule has 2 aromatic rings. The first-order valence-electron chi connectivity index (χ1n) is 6.97. The number of rotatable bonds is 3. The fourth-order valence-electron chi connectivity index (χ4n) is 2.48. The average molecular weight is 318 g/mol. The zero-order valence-electron chi connectivity index (χ0n) is 12.1. The highest BCUT2D eigenvalue weighted by atomic mass is 35.5. The van der Waals surface area contributed by atoms with E-state index in [1.54, 1.807) is 11.0 Å². The van der Waals surface area contributed by atoms with Crippen LogP contribution in [0.5, 0.6) is 0 Å². The Balaban J connectivity index is 1.74. The van der Waals surface area contributed by atoms with Gasteiger partial charge in [-0.25, -0.2) is 4.98 Å². The van der Waals surface area contributed by atoms with Crippen LogP contribution in [0.25, 0.3) is 0 Å². The molecule has 0 aliphatic carbocycles. The topological polar surface area (TPSA) is 84.1 Å². The molecule has 1 saturated heterocycles. The van der Waals surface area contributed by atoms with Crippen LogP contribution in [-0.2, 0) is 4.79 Å². The maximum Gasteiger partial charge on any atom is 0.249 e. The lowest BCUT2D eigenvalue weighted by Crippen LogP contribution is -2.33. The third-order valence-electron chi connectivity index (χ3n) is 3.59. The van der Waals surface area contributed by atoms with Gasteiger partial charge in [-0.2, -0.15) is 4.98 Å². The van der Waals surface area contributed by atoms with Gasteiger partial charge >= 0.3 is 0 Å². The summed E-state index contributed by atoms with van der Waals surface area (Å²) in [6.07, 6.45) is 0.689. The third kappa shape index (κ3) is 2.96. The molecule has 1 amide bonds. The second-order valence-electron chi connectivity index (χ2n) is 5.25. The van der Waals surface area contributed by atoms with Crippen LogP contribution in [-0.4, -0.2) is 28.5 Å². The molecule has 1 fully saturated rings. The number of carbonyl (C=O) groups is 1. The number of nitrogens with one attached hydrogen (secondary N) is 1. The number of hydrogen-bond acceptors (Lipinski definition) is 5. The smallest absolute Gasteiger partial charge is 0.249 e. The molecule has 3 rings (SSSR count). The molecule has 0 spiro atoms. The van der Waals surface area contributed by atoms with Gasteiger partial charge in [-0.15, -0.1) is 0 Å². The van der Waals surface area contributed by atoms with Crippen LogP contribution in [0.15, 0.2) is 30.3 Å². The Morgan fingerprint density at radius 3 is 2.73 bits per heavy atom. The van der Waals surface area contributed by atoms with Crippen molar-refractivity contribution in [1.29, 1.82) is 0 Å². The molecular formula is C15H16ClN5O. The Kier molecular flexibility index (Phi) is 3.85. The Morgan fingerprint density at radius 2 is 2.05 bits per heavy atom. The molecule has 3 N–H and O–H groups in total. The van der Waals surface area contributed by atoms with E-state index in [2.05, 4.69) is 15.3 Å². The minimum atomic E-state index is -0.341. The summed E-state index contributed by atoms with van der Waals surface area (Å²) in [7, 11) is 0. The van der Waals surface area contributed by atoms with E-state index in [1.807, 2.05) is 31.2 Å². The molecule has 0 radical (unpaired) electrons. The fraction of sp³-hybridized carbons (Fsp3) is 0.267. The van der Waals surface area contributed by atoms with E-state index in [4.69, 9.17) is 17.3 Å². The summed E-state index contributed by atoms with van der Waals surface area (Å²) < 4.78 is 0. The number of aromatic nitrogens is 2. The van der Waals surface area contributed by atoms with Gasteiger partial charge in [0.1, 0.15) is 17.0 Å². The number of anilines is 3. The van der Waals surface area contributed by atoms with Gasteiger partial charge in [0.15, 0.2) is 0 Å². The molecule has 1 atom stereocenters. The van der Waals surface area contributed by atoms with Gasteiger partial charge in [0.25, 0.3) is 0 Å². The van der Waals surface area contributed by atoms with E-state index in [0.29, 0.717) is 18.8 Å². The first kappa shape index (κ1) is 14.6. The maximum absolute atomic E-state index is 12.5. The van der Waals surface area contributed by atoms with Crippen LogP contribution in [0.1, 0.15) is 12.0 Å². The molecule has 6 nitrogen and oxygen atoms in total.